The predicted octanol–water partition coefficient (Wildman–Crippen LogP) is 2.61. The van der Waals surface area contributed by atoms with E-state index in [0.717, 1.165) is 22.3 Å². The van der Waals surface area contributed by atoms with Crippen molar-refractivity contribution in [3.8, 4) is 0 Å². The molecule has 21 heavy (non-hydrogen) atoms. The fraction of sp³-hybridized carbons (Fsp3) is 0.0625. The molecule has 1 aliphatic heterocycles. The summed E-state index contributed by atoms with van der Waals surface area (Å²) in [5, 5.41) is 4.03. The molecule has 0 spiro atoms. The van der Waals surface area contributed by atoms with Crippen LogP contribution in [0, 0.1) is 0 Å². The second kappa shape index (κ2) is 4.56. The zero-order chi connectivity index (χ0) is 14.2. The van der Waals surface area contributed by atoms with Gasteiger partial charge in [0, 0.05) is 5.56 Å². The van der Waals surface area contributed by atoms with Crippen molar-refractivity contribution in [3.63, 3.8) is 0 Å². The molecule has 1 aliphatic rings. The van der Waals surface area contributed by atoms with Crippen LogP contribution < -0.4 is 0 Å². The van der Waals surface area contributed by atoms with E-state index in [2.05, 4.69) is 10.1 Å². The second-order valence-corrected chi connectivity index (χ2v) is 4.83. The van der Waals surface area contributed by atoms with Crippen molar-refractivity contribution in [1.82, 2.24) is 9.55 Å². The third-order valence-corrected chi connectivity index (χ3v) is 3.52. The highest BCUT2D eigenvalue weighted by molar-refractivity contribution is 6.12. The Morgan fingerprint density at radius 2 is 2.00 bits per heavy atom. The van der Waals surface area contributed by atoms with Crippen molar-refractivity contribution in [1.29, 1.82) is 0 Å². The Morgan fingerprint density at radius 3 is 2.86 bits per heavy atom. The minimum Gasteiger partial charge on any atom is -0.324 e. The van der Waals surface area contributed by atoms with Crippen molar-refractivity contribution < 1.29 is 9.63 Å². The molecule has 0 atom stereocenters. The van der Waals surface area contributed by atoms with Gasteiger partial charge in [0.15, 0.2) is 0 Å². The first-order valence-electron chi connectivity index (χ1n) is 6.60. The summed E-state index contributed by atoms with van der Waals surface area (Å²) in [4.78, 5) is 21.3. The number of hydrogen-bond donors (Lipinski definition) is 0. The Kier molecular flexibility index (Phi) is 2.57. The van der Waals surface area contributed by atoms with E-state index in [4.69, 9.17) is 4.84 Å². The monoisotopic (exact) mass is 277 g/mol. The first-order valence-corrected chi connectivity index (χ1v) is 6.60. The second-order valence-electron chi connectivity index (χ2n) is 4.83. The summed E-state index contributed by atoms with van der Waals surface area (Å²) in [5.74, 6) is -0.454. The molecule has 0 aliphatic carbocycles. The first-order chi connectivity index (χ1) is 10.3. The number of para-hydroxylation sites is 1. The molecule has 0 saturated carbocycles. The third kappa shape index (κ3) is 1.90. The quantitative estimate of drug-likeness (QED) is 0.534. The fourth-order valence-electron chi connectivity index (χ4n) is 2.53. The van der Waals surface area contributed by atoms with Crippen LogP contribution in [0.15, 0.2) is 60.0 Å². The summed E-state index contributed by atoms with van der Waals surface area (Å²) in [6.07, 6.45) is 1.77. The minimum atomic E-state index is -0.454. The first kappa shape index (κ1) is 11.8. The summed E-state index contributed by atoms with van der Waals surface area (Å²) in [7, 11) is 0. The average molecular weight is 277 g/mol. The van der Waals surface area contributed by atoms with Gasteiger partial charge in [-0.25, -0.2) is 9.78 Å². The van der Waals surface area contributed by atoms with Gasteiger partial charge in [-0.1, -0.05) is 35.5 Å². The number of carbonyl (C=O) groups is 1. The van der Waals surface area contributed by atoms with Gasteiger partial charge in [-0.3, -0.25) is 0 Å². The van der Waals surface area contributed by atoms with Gasteiger partial charge in [0.25, 0.3) is 0 Å². The molecule has 0 saturated heterocycles. The highest BCUT2D eigenvalue weighted by Crippen LogP contribution is 2.25. The van der Waals surface area contributed by atoms with Crippen molar-refractivity contribution in [2.45, 2.75) is 6.54 Å². The number of nitrogens with zero attached hydrogens (tertiary/aromatic N) is 3. The lowest BCUT2D eigenvalue weighted by Crippen LogP contribution is -2.07. The maximum Gasteiger partial charge on any atom is 0.365 e. The van der Waals surface area contributed by atoms with E-state index in [9.17, 15) is 4.79 Å². The molecule has 0 unspecified atom stereocenters. The summed E-state index contributed by atoms with van der Waals surface area (Å²) < 4.78 is 2.00. The average Bonchev–Trinajstić information content (AvgIpc) is 3.11. The molecule has 0 radical (unpaired) electrons. The van der Waals surface area contributed by atoms with Gasteiger partial charge in [0.1, 0.15) is 5.71 Å². The van der Waals surface area contributed by atoms with Crippen LogP contribution in [-0.2, 0) is 11.4 Å². The molecule has 1 aromatic heterocycles. The van der Waals surface area contributed by atoms with Crippen LogP contribution in [0.5, 0.6) is 0 Å². The molecule has 0 amide bonds. The summed E-state index contributed by atoms with van der Waals surface area (Å²) >= 11 is 0. The van der Waals surface area contributed by atoms with E-state index in [1.165, 1.54) is 0 Å². The molecule has 0 N–H and O–H groups in total. The van der Waals surface area contributed by atoms with E-state index < -0.39 is 5.97 Å². The van der Waals surface area contributed by atoms with E-state index in [0.29, 0.717) is 12.1 Å². The zero-order valence-electron chi connectivity index (χ0n) is 11.1. The van der Waals surface area contributed by atoms with Crippen LogP contribution in [0.4, 0.5) is 0 Å². The van der Waals surface area contributed by atoms with Gasteiger partial charge < -0.3 is 9.40 Å². The Morgan fingerprint density at radius 1 is 1.14 bits per heavy atom. The maximum absolute atomic E-state index is 11.9. The number of carbonyl (C=O) groups excluding carboxylic acids is 1. The third-order valence-electron chi connectivity index (χ3n) is 3.52. The number of aromatic nitrogens is 2. The Hall–Kier alpha value is -2.95. The normalized spacial score (nSPS) is 14.8. The predicted molar refractivity (Wildman–Crippen MR) is 78.1 cm³/mol. The SMILES string of the molecule is O=C(O/N=C1\Cn2cnc3cccc1c32)c1ccccc1. The highest BCUT2D eigenvalue weighted by Gasteiger charge is 2.21. The molecule has 5 heteroatoms. The van der Waals surface area contributed by atoms with E-state index in [1.54, 1.807) is 30.6 Å². The Balaban J connectivity index is 1.63. The van der Waals surface area contributed by atoms with Gasteiger partial charge >= 0.3 is 5.97 Å². The minimum absolute atomic E-state index is 0.454. The molecule has 4 rings (SSSR count). The summed E-state index contributed by atoms with van der Waals surface area (Å²) in [6.45, 7) is 0.567. The number of oxime groups is 1. The lowest BCUT2D eigenvalue weighted by atomic mass is 10.1. The van der Waals surface area contributed by atoms with Gasteiger partial charge in [0.05, 0.1) is 29.5 Å². The molecular weight excluding hydrogens is 266 g/mol. The Bertz CT molecular complexity index is 866. The number of benzene rings is 2. The standard InChI is InChI=1S/C16H11N3O2/c20-16(11-5-2-1-3-6-11)21-18-14-9-19-10-17-13-8-4-7-12(14)15(13)19/h1-8,10H,9H2/b18-14+. The largest absolute Gasteiger partial charge is 0.365 e. The number of rotatable bonds is 2. The Labute approximate surface area is 120 Å². The molecule has 0 fully saturated rings. The maximum atomic E-state index is 11.9. The van der Waals surface area contributed by atoms with E-state index in [-0.39, 0.29) is 0 Å². The van der Waals surface area contributed by atoms with Crippen molar-refractivity contribution >= 4 is 22.7 Å². The van der Waals surface area contributed by atoms with Crippen molar-refractivity contribution in [3.05, 3.63) is 66.0 Å². The zero-order valence-corrected chi connectivity index (χ0v) is 11.1. The van der Waals surface area contributed by atoms with Gasteiger partial charge in [-0.15, -0.1) is 0 Å². The van der Waals surface area contributed by atoms with Crippen LogP contribution in [0.3, 0.4) is 0 Å². The van der Waals surface area contributed by atoms with Crippen LogP contribution in [0.2, 0.25) is 0 Å². The molecule has 3 aromatic rings. The van der Waals surface area contributed by atoms with Gasteiger partial charge in [-0.05, 0) is 18.2 Å². The van der Waals surface area contributed by atoms with E-state index >= 15 is 0 Å². The summed E-state index contributed by atoms with van der Waals surface area (Å²) in [6, 6.07) is 14.7. The van der Waals surface area contributed by atoms with Crippen LogP contribution >= 0.6 is 0 Å². The lowest BCUT2D eigenvalue weighted by Gasteiger charge is -2.00. The highest BCUT2D eigenvalue weighted by atomic mass is 16.7. The summed E-state index contributed by atoms with van der Waals surface area (Å²) in [5.41, 5.74) is 4.14. The van der Waals surface area contributed by atoms with Crippen LogP contribution in [0.1, 0.15) is 15.9 Å². The lowest BCUT2D eigenvalue weighted by molar-refractivity contribution is 0.0516. The fourth-order valence-corrected chi connectivity index (χ4v) is 2.53. The van der Waals surface area contributed by atoms with Crippen molar-refractivity contribution in [2.75, 3.05) is 0 Å². The molecule has 2 heterocycles. The molecular formula is C16H11N3O2. The molecule has 102 valence electrons. The van der Waals surface area contributed by atoms with Crippen LogP contribution in [-0.4, -0.2) is 21.2 Å². The van der Waals surface area contributed by atoms with Crippen molar-refractivity contribution in [2.24, 2.45) is 5.16 Å². The van der Waals surface area contributed by atoms with Gasteiger partial charge in [-0.2, -0.15) is 0 Å². The molecule has 2 aromatic carbocycles. The molecule has 0 bridgehead atoms. The van der Waals surface area contributed by atoms with Gasteiger partial charge in [0.2, 0.25) is 0 Å². The topological polar surface area (TPSA) is 56.5 Å². The number of hydrogen-bond acceptors (Lipinski definition) is 4. The van der Waals surface area contributed by atoms with Crippen LogP contribution in [0.25, 0.3) is 11.0 Å². The smallest absolute Gasteiger partial charge is 0.324 e. The number of imidazole rings is 1. The molecule has 5 nitrogen and oxygen atoms in total. The van der Waals surface area contributed by atoms with E-state index in [1.807, 2.05) is 28.8 Å².